The minimum atomic E-state index is -5.91. The zero-order valence-electron chi connectivity index (χ0n) is 16.6. The summed E-state index contributed by atoms with van der Waals surface area (Å²) in [5, 5.41) is -1.33. The van der Waals surface area contributed by atoms with E-state index in [0.29, 0.717) is 24.0 Å². The number of thiol groups is 1. The van der Waals surface area contributed by atoms with Gasteiger partial charge in [0.2, 0.25) is 0 Å². The van der Waals surface area contributed by atoms with Gasteiger partial charge in [-0.3, -0.25) is 0 Å². The summed E-state index contributed by atoms with van der Waals surface area (Å²) in [6.07, 6.45) is 5.35. The second-order valence-corrected chi connectivity index (χ2v) is 12.0. The lowest BCUT2D eigenvalue weighted by atomic mass is 9.84. The predicted octanol–water partition coefficient (Wildman–Crippen LogP) is 6.08. The molecule has 0 N–H and O–H groups in total. The maximum absolute atomic E-state index is 14.8. The Labute approximate surface area is 176 Å². The van der Waals surface area contributed by atoms with Crippen LogP contribution in [0, 0.1) is 31.6 Å². The maximum atomic E-state index is 14.8. The molecule has 1 aromatic rings. The first-order chi connectivity index (χ1) is 13.9. The van der Waals surface area contributed by atoms with Gasteiger partial charge in [-0.1, -0.05) is 18.6 Å². The van der Waals surface area contributed by atoms with Crippen LogP contribution in [0.25, 0.3) is 0 Å². The van der Waals surface area contributed by atoms with Gasteiger partial charge in [-0.15, -0.1) is 0 Å². The van der Waals surface area contributed by atoms with Crippen molar-refractivity contribution < 1.29 is 30.2 Å². The minimum Gasteiger partial charge on any atom is -0.377 e. The minimum absolute atomic E-state index is 0.0250. The molecule has 0 aromatic heterocycles. The van der Waals surface area contributed by atoms with Crippen molar-refractivity contribution in [2.45, 2.75) is 55.6 Å². The highest BCUT2D eigenvalue weighted by Crippen LogP contribution is 2.58. The molecule has 0 amide bonds. The first-order valence-electron chi connectivity index (χ1n) is 9.88. The fourth-order valence-corrected chi connectivity index (χ4v) is 7.72. The van der Waals surface area contributed by atoms with Gasteiger partial charge in [0, 0.05) is 5.92 Å². The van der Waals surface area contributed by atoms with E-state index in [1.165, 1.54) is 13.8 Å². The van der Waals surface area contributed by atoms with Crippen molar-refractivity contribution in [3.8, 4) is 5.75 Å². The van der Waals surface area contributed by atoms with E-state index in [4.69, 9.17) is 0 Å². The number of allylic oxidation sites excluding steroid dienone is 2. The molecule has 2 bridgehead atoms. The number of benzene rings is 1. The molecular weight excluding hydrogens is 440 g/mol. The molecule has 3 atom stereocenters. The molecule has 9 heteroatoms. The summed E-state index contributed by atoms with van der Waals surface area (Å²) < 4.78 is 88.6. The number of rotatable bonds is 6. The summed E-state index contributed by atoms with van der Waals surface area (Å²) in [6.45, 7) is 3.04. The van der Waals surface area contributed by atoms with Crippen molar-refractivity contribution in [1.82, 2.24) is 0 Å². The van der Waals surface area contributed by atoms with Gasteiger partial charge in [-0.2, -0.15) is 36.9 Å². The third-order valence-corrected chi connectivity index (χ3v) is 9.57. The highest BCUT2D eigenvalue weighted by molar-refractivity contribution is 8.22. The van der Waals surface area contributed by atoms with E-state index in [0.717, 1.165) is 11.3 Å². The third-order valence-electron chi connectivity index (χ3n) is 6.45. The maximum Gasteiger partial charge on any atom is 0.442 e. The van der Waals surface area contributed by atoms with Crippen LogP contribution in [0.2, 0.25) is 0 Å². The van der Waals surface area contributed by atoms with Crippen LogP contribution in [-0.4, -0.2) is 19.6 Å². The van der Waals surface area contributed by atoms with Crippen molar-refractivity contribution in [2.75, 3.05) is 0 Å². The molecule has 166 valence electrons. The van der Waals surface area contributed by atoms with Crippen molar-refractivity contribution in [2.24, 2.45) is 17.8 Å². The molecule has 3 unspecified atom stereocenters. The molecule has 1 aromatic carbocycles. The summed E-state index contributed by atoms with van der Waals surface area (Å²) in [7, 11) is -6.61. The Hall–Kier alpha value is -1.48. The van der Waals surface area contributed by atoms with E-state index < -0.39 is 44.0 Å². The Balaban J connectivity index is 1.62. The smallest absolute Gasteiger partial charge is 0.377 e. The standard InChI is InChI=1S/C21H24F4O3S2/c1-13-9-17(29-7-3-4-8-29)10-14(2)19(13)28-30(26,27)21(24,25)20(22,23)18-12-15-5-6-16(18)11-15/h3-4,7-10,15-16,18,29H,5-6,11-12H2,1-2H3. The SMILES string of the molecule is Cc1cc([SH]2C=CC=C2)cc(C)c1OS(=O)(=O)C(F)(F)C(F)(F)C1CC2CCC1C2. The normalized spacial score (nSPS) is 27.3. The fraction of sp³-hybridized carbons (Fsp3) is 0.524. The molecule has 4 rings (SSSR count). The monoisotopic (exact) mass is 464 g/mol. The van der Waals surface area contributed by atoms with E-state index in [1.807, 2.05) is 23.0 Å². The Morgan fingerprint density at radius 3 is 2.10 bits per heavy atom. The van der Waals surface area contributed by atoms with Crippen molar-refractivity contribution in [1.29, 1.82) is 0 Å². The van der Waals surface area contributed by atoms with Crippen molar-refractivity contribution in [3.05, 3.63) is 46.2 Å². The Kier molecular flexibility index (Phi) is 5.28. The highest BCUT2D eigenvalue weighted by atomic mass is 32.2. The summed E-state index contributed by atoms with van der Waals surface area (Å²) >= 11 is 0. The molecule has 2 fully saturated rings. The first kappa shape index (κ1) is 21.7. The zero-order chi connectivity index (χ0) is 21.9. The van der Waals surface area contributed by atoms with Crippen molar-refractivity contribution >= 4 is 21.0 Å². The largest absolute Gasteiger partial charge is 0.442 e. The number of fused-ring (bicyclic) bond motifs is 2. The Bertz CT molecular complexity index is 982. The second-order valence-electron chi connectivity index (χ2n) is 8.46. The summed E-state index contributed by atoms with van der Waals surface area (Å²) in [6, 6.07) is 3.30. The predicted molar refractivity (Wildman–Crippen MR) is 110 cm³/mol. The molecule has 0 radical (unpaired) electrons. The zero-order valence-corrected chi connectivity index (χ0v) is 18.3. The molecular formula is C21H24F4O3S2. The first-order valence-corrected chi connectivity index (χ1v) is 12.8. The van der Waals surface area contributed by atoms with Gasteiger partial charge in [-0.25, -0.2) is 0 Å². The average Bonchev–Trinajstić information content (AvgIpc) is 3.42. The topological polar surface area (TPSA) is 43.4 Å². The summed E-state index contributed by atoms with van der Waals surface area (Å²) in [5.41, 5.74) is 0.618. The number of alkyl halides is 4. The Morgan fingerprint density at radius 1 is 1.00 bits per heavy atom. The summed E-state index contributed by atoms with van der Waals surface area (Å²) in [5.74, 6) is -7.23. The van der Waals surface area contributed by atoms with Crippen LogP contribution >= 0.6 is 10.9 Å². The molecule has 30 heavy (non-hydrogen) atoms. The van der Waals surface area contributed by atoms with Gasteiger partial charge in [0.1, 0.15) is 5.75 Å². The summed E-state index contributed by atoms with van der Waals surface area (Å²) in [4.78, 5) is 0.897. The second kappa shape index (κ2) is 7.29. The lowest BCUT2D eigenvalue weighted by Gasteiger charge is -2.34. The molecule has 0 spiro atoms. The van der Waals surface area contributed by atoms with Crippen LogP contribution in [0.5, 0.6) is 5.75 Å². The van der Waals surface area contributed by atoms with Gasteiger partial charge in [0.05, 0.1) is 0 Å². The lowest BCUT2D eigenvalue weighted by Crippen LogP contribution is -2.54. The fourth-order valence-electron chi connectivity index (χ4n) is 4.95. The highest BCUT2D eigenvalue weighted by Gasteiger charge is 2.72. The molecule has 1 aliphatic heterocycles. The number of hydrogen-bond acceptors (Lipinski definition) is 3. The van der Waals surface area contributed by atoms with Gasteiger partial charge >= 0.3 is 21.3 Å². The quantitative estimate of drug-likeness (QED) is 0.315. The van der Waals surface area contributed by atoms with Crippen LogP contribution in [0.3, 0.4) is 0 Å². The van der Waals surface area contributed by atoms with E-state index in [-0.39, 0.29) is 18.1 Å². The van der Waals surface area contributed by atoms with Crippen LogP contribution in [0.15, 0.2) is 40.0 Å². The molecule has 2 saturated carbocycles. The van der Waals surface area contributed by atoms with Crippen LogP contribution in [-0.2, 0) is 10.1 Å². The van der Waals surface area contributed by atoms with E-state index >= 15 is 0 Å². The molecule has 0 saturated heterocycles. The van der Waals surface area contributed by atoms with E-state index in [1.54, 1.807) is 12.1 Å². The van der Waals surface area contributed by atoms with Gasteiger partial charge in [-0.05, 0) is 83.9 Å². The molecule has 1 heterocycles. The molecule has 3 aliphatic rings. The van der Waals surface area contributed by atoms with Crippen LogP contribution in [0.1, 0.15) is 36.8 Å². The molecule has 3 nitrogen and oxygen atoms in total. The molecule has 2 aliphatic carbocycles. The van der Waals surface area contributed by atoms with Crippen LogP contribution < -0.4 is 4.18 Å². The van der Waals surface area contributed by atoms with Gasteiger partial charge < -0.3 is 4.18 Å². The van der Waals surface area contributed by atoms with Gasteiger partial charge in [0.25, 0.3) is 0 Å². The average molecular weight is 465 g/mol. The van der Waals surface area contributed by atoms with E-state index in [2.05, 4.69) is 4.18 Å². The number of halogens is 4. The van der Waals surface area contributed by atoms with Crippen molar-refractivity contribution in [3.63, 3.8) is 0 Å². The number of hydrogen-bond donors (Lipinski definition) is 1. The van der Waals surface area contributed by atoms with Crippen LogP contribution in [0.4, 0.5) is 17.6 Å². The Morgan fingerprint density at radius 2 is 1.60 bits per heavy atom. The van der Waals surface area contributed by atoms with Gasteiger partial charge in [0.15, 0.2) is 0 Å². The lowest BCUT2D eigenvalue weighted by molar-refractivity contribution is -0.202. The third kappa shape index (κ3) is 3.38. The van der Waals surface area contributed by atoms with E-state index in [9.17, 15) is 26.0 Å². The number of aryl methyl sites for hydroxylation is 2.